The van der Waals surface area contributed by atoms with E-state index in [1.54, 1.807) is 11.3 Å². The van der Waals surface area contributed by atoms with Crippen LogP contribution in [0.5, 0.6) is 0 Å². The molecule has 0 N–H and O–H groups in total. The van der Waals surface area contributed by atoms with E-state index in [4.69, 9.17) is 14.7 Å². The molecule has 186 valence electrons. The van der Waals surface area contributed by atoms with Gasteiger partial charge in [0.05, 0.1) is 33.5 Å². The third-order valence-corrected chi connectivity index (χ3v) is 8.44. The molecular weight excluding hydrogens is 470 g/mol. The smallest absolute Gasteiger partial charge is 0.222 e. The highest BCUT2D eigenvalue weighted by molar-refractivity contribution is 7.15. The maximum absolute atomic E-state index is 12.7. The molecule has 0 saturated carbocycles. The Bertz CT molecular complexity index is 1450. The van der Waals surface area contributed by atoms with E-state index in [0.29, 0.717) is 18.9 Å². The third-order valence-electron chi connectivity index (χ3n) is 7.50. The van der Waals surface area contributed by atoms with Crippen LogP contribution < -0.4 is 0 Å². The van der Waals surface area contributed by atoms with E-state index >= 15 is 0 Å². The van der Waals surface area contributed by atoms with E-state index in [1.165, 1.54) is 5.56 Å². The summed E-state index contributed by atoms with van der Waals surface area (Å²) >= 11 is 1.66. The van der Waals surface area contributed by atoms with Crippen molar-refractivity contribution < 1.29 is 9.53 Å². The summed E-state index contributed by atoms with van der Waals surface area (Å²) < 4.78 is 8.04. The van der Waals surface area contributed by atoms with Gasteiger partial charge in [-0.2, -0.15) is 0 Å². The van der Waals surface area contributed by atoms with Crippen LogP contribution in [-0.4, -0.2) is 50.1 Å². The number of aryl methyl sites for hydroxylation is 2. The van der Waals surface area contributed by atoms with Gasteiger partial charge in [-0.05, 0) is 43.7 Å². The summed E-state index contributed by atoms with van der Waals surface area (Å²) in [6, 6.07) is 6.50. The number of pyridine rings is 1. The van der Waals surface area contributed by atoms with E-state index in [9.17, 15) is 4.79 Å². The largest absolute Gasteiger partial charge is 0.381 e. The number of nitrogens with zero attached hydrogens (tertiary/aromatic N) is 5. The van der Waals surface area contributed by atoms with Crippen molar-refractivity contribution in [1.29, 1.82) is 0 Å². The van der Waals surface area contributed by atoms with Crippen molar-refractivity contribution in [3.05, 3.63) is 52.7 Å². The van der Waals surface area contributed by atoms with Crippen LogP contribution in [0.3, 0.4) is 0 Å². The van der Waals surface area contributed by atoms with Crippen molar-refractivity contribution in [2.45, 2.75) is 59.0 Å². The fourth-order valence-electron chi connectivity index (χ4n) is 5.56. The maximum atomic E-state index is 12.7. The average Bonchev–Trinajstić information content (AvgIpc) is 3.52. The van der Waals surface area contributed by atoms with Crippen molar-refractivity contribution in [3.8, 4) is 21.8 Å². The summed E-state index contributed by atoms with van der Waals surface area (Å²) in [5.41, 5.74) is 5.38. The predicted molar refractivity (Wildman–Crippen MR) is 142 cm³/mol. The van der Waals surface area contributed by atoms with Crippen molar-refractivity contribution in [2.75, 3.05) is 19.8 Å². The zero-order chi connectivity index (χ0) is 24.8. The molecule has 3 aromatic heterocycles. The molecule has 0 aliphatic carbocycles. The molecule has 0 bridgehead atoms. The SMILES string of the molecule is CCC(=O)N1CCn2c(C3CCOCC3)nc(-c3c(C)ccc4cc(-c5cnc(C)s5)ncc34)c2C1. The first-order valence-electron chi connectivity index (χ1n) is 12.8. The van der Waals surface area contributed by atoms with E-state index in [-0.39, 0.29) is 5.91 Å². The van der Waals surface area contributed by atoms with Gasteiger partial charge in [-0.15, -0.1) is 11.3 Å². The van der Waals surface area contributed by atoms with Crippen LogP contribution in [0.1, 0.15) is 54.2 Å². The minimum absolute atomic E-state index is 0.196. The Morgan fingerprint density at radius 3 is 2.72 bits per heavy atom. The lowest BCUT2D eigenvalue weighted by atomic mass is 9.96. The van der Waals surface area contributed by atoms with Crippen LogP contribution in [0.4, 0.5) is 0 Å². The highest BCUT2D eigenvalue weighted by atomic mass is 32.1. The molecule has 2 aliphatic heterocycles. The Balaban J connectivity index is 1.51. The van der Waals surface area contributed by atoms with E-state index in [1.807, 2.05) is 31.1 Å². The number of carbonyl (C=O) groups is 1. The first-order valence-corrected chi connectivity index (χ1v) is 13.6. The van der Waals surface area contributed by atoms with Crippen LogP contribution in [-0.2, 0) is 22.6 Å². The molecule has 1 aromatic carbocycles. The van der Waals surface area contributed by atoms with Gasteiger partial charge in [0.15, 0.2) is 0 Å². The van der Waals surface area contributed by atoms with Crippen LogP contribution in [0.2, 0.25) is 0 Å². The van der Waals surface area contributed by atoms with E-state index in [0.717, 1.165) is 88.3 Å². The highest BCUT2D eigenvalue weighted by Crippen LogP contribution is 2.39. The monoisotopic (exact) mass is 501 g/mol. The van der Waals surface area contributed by atoms with Gasteiger partial charge in [-0.25, -0.2) is 9.97 Å². The van der Waals surface area contributed by atoms with Gasteiger partial charge in [0, 0.05) is 62.0 Å². The number of aromatic nitrogens is 4. The van der Waals surface area contributed by atoms with Gasteiger partial charge < -0.3 is 14.2 Å². The molecule has 0 spiro atoms. The summed E-state index contributed by atoms with van der Waals surface area (Å²) in [6.45, 7) is 9.77. The molecule has 0 atom stereocenters. The van der Waals surface area contributed by atoms with Gasteiger partial charge in [0.1, 0.15) is 5.82 Å². The fourth-order valence-corrected chi connectivity index (χ4v) is 6.30. The van der Waals surface area contributed by atoms with E-state index < -0.39 is 0 Å². The summed E-state index contributed by atoms with van der Waals surface area (Å²) in [5.74, 6) is 1.73. The number of rotatable bonds is 4. The lowest BCUT2D eigenvalue weighted by Gasteiger charge is -2.31. The molecule has 1 amide bonds. The maximum Gasteiger partial charge on any atom is 0.222 e. The number of carbonyl (C=O) groups excluding carboxylic acids is 1. The Hall–Kier alpha value is -3.10. The number of benzene rings is 1. The normalized spacial score (nSPS) is 16.5. The second-order valence-corrected chi connectivity index (χ2v) is 11.0. The second kappa shape index (κ2) is 9.41. The molecule has 0 radical (unpaired) electrons. The van der Waals surface area contributed by atoms with Gasteiger partial charge >= 0.3 is 0 Å². The lowest BCUT2D eigenvalue weighted by molar-refractivity contribution is -0.132. The Labute approximate surface area is 215 Å². The van der Waals surface area contributed by atoms with Crippen LogP contribution in [0.25, 0.3) is 32.6 Å². The molecule has 6 rings (SSSR count). The van der Waals surface area contributed by atoms with Gasteiger partial charge in [-0.1, -0.05) is 19.1 Å². The third kappa shape index (κ3) is 4.02. The summed E-state index contributed by atoms with van der Waals surface area (Å²) in [5, 5.41) is 3.27. The molecule has 8 heteroatoms. The van der Waals surface area contributed by atoms with Crippen LogP contribution in [0.15, 0.2) is 30.6 Å². The molecule has 2 aliphatic rings. The van der Waals surface area contributed by atoms with Crippen molar-refractivity contribution in [2.24, 2.45) is 0 Å². The zero-order valence-electron chi connectivity index (χ0n) is 21.1. The van der Waals surface area contributed by atoms with Crippen LogP contribution in [0, 0.1) is 13.8 Å². The topological polar surface area (TPSA) is 73.1 Å². The number of hydrogen-bond acceptors (Lipinski definition) is 6. The Morgan fingerprint density at radius 2 is 1.97 bits per heavy atom. The Kier molecular flexibility index (Phi) is 6.09. The first-order chi connectivity index (χ1) is 17.5. The summed E-state index contributed by atoms with van der Waals surface area (Å²) in [7, 11) is 0. The van der Waals surface area contributed by atoms with Crippen molar-refractivity contribution in [1.82, 2.24) is 24.4 Å². The van der Waals surface area contributed by atoms with Gasteiger partial charge in [-0.3, -0.25) is 9.78 Å². The molecule has 5 heterocycles. The number of thiazole rings is 1. The predicted octanol–water partition coefficient (Wildman–Crippen LogP) is 5.48. The van der Waals surface area contributed by atoms with Crippen LogP contribution >= 0.6 is 11.3 Å². The number of ether oxygens (including phenoxy) is 1. The Morgan fingerprint density at radius 1 is 1.14 bits per heavy atom. The van der Waals surface area contributed by atoms with Crippen molar-refractivity contribution >= 4 is 28.0 Å². The molecule has 1 saturated heterocycles. The molecule has 1 fully saturated rings. The molecule has 4 aromatic rings. The molecule has 0 unspecified atom stereocenters. The first kappa shape index (κ1) is 23.3. The van der Waals surface area contributed by atoms with E-state index in [2.05, 4.69) is 34.7 Å². The summed E-state index contributed by atoms with van der Waals surface area (Å²) in [6.07, 6.45) is 6.38. The molecule has 7 nitrogen and oxygen atoms in total. The van der Waals surface area contributed by atoms with Gasteiger partial charge in [0.2, 0.25) is 5.91 Å². The molecular formula is C28H31N5O2S. The second-order valence-electron chi connectivity index (χ2n) is 9.76. The molecule has 36 heavy (non-hydrogen) atoms. The van der Waals surface area contributed by atoms with Crippen molar-refractivity contribution in [3.63, 3.8) is 0 Å². The quantitative estimate of drug-likeness (QED) is 0.370. The number of hydrogen-bond donors (Lipinski definition) is 0. The lowest BCUT2D eigenvalue weighted by Crippen LogP contribution is -2.38. The number of fused-ring (bicyclic) bond motifs is 2. The minimum atomic E-state index is 0.196. The zero-order valence-corrected chi connectivity index (χ0v) is 21.9. The average molecular weight is 502 g/mol. The number of imidazole rings is 1. The van der Waals surface area contributed by atoms with Gasteiger partial charge in [0.25, 0.3) is 0 Å². The summed E-state index contributed by atoms with van der Waals surface area (Å²) in [4.78, 5) is 30.3. The fraction of sp³-hybridized carbons (Fsp3) is 0.429. The highest BCUT2D eigenvalue weighted by Gasteiger charge is 2.31. The number of amides is 1. The minimum Gasteiger partial charge on any atom is -0.381 e. The standard InChI is InChI=1S/C28H31N5O2S/c1-4-25(34)32-9-10-33-23(16-32)27(31-28(33)19-7-11-35-12-8-19)26-17(2)5-6-20-13-22(30-14-21(20)26)24-15-29-18(3)36-24/h5-6,13-15,19H,4,7-12,16H2,1-3H3.